The summed E-state index contributed by atoms with van der Waals surface area (Å²) in [6, 6.07) is 22.8. The fraction of sp³-hybridized carbons (Fsp3) is 0.258. The molecular weight excluding hydrogens is 593 g/mol. The summed E-state index contributed by atoms with van der Waals surface area (Å²) in [4.78, 5) is 53.9. The predicted molar refractivity (Wildman–Crippen MR) is 160 cm³/mol. The van der Waals surface area contributed by atoms with Gasteiger partial charge in [-0.25, -0.2) is 23.6 Å². The molecule has 3 aromatic carbocycles. The molecule has 240 valence electrons. The molecule has 1 fully saturated rings. The number of carbonyl (C=O) groups is 5. The van der Waals surface area contributed by atoms with Crippen LogP contribution in [0.2, 0.25) is 0 Å². The van der Waals surface area contributed by atoms with Crippen LogP contribution in [0, 0.1) is 5.82 Å². The van der Waals surface area contributed by atoms with Crippen molar-refractivity contribution in [1.29, 1.82) is 0 Å². The minimum Gasteiger partial charge on any atom is -0.494 e. The molecule has 1 atom stereocenters. The first-order valence-electron chi connectivity index (χ1n) is 13.5. The number of nitrogens with zero attached hydrogens (tertiary/aromatic N) is 2. The number of anilines is 1. The maximum absolute atomic E-state index is 14.0. The van der Waals surface area contributed by atoms with E-state index in [-0.39, 0.29) is 23.5 Å². The van der Waals surface area contributed by atoms with Gasteiger partial charge in [-0.1, -0.05) is 54.6 Å². The van der Waals surface area contributed by atoms with Gasteiger partial charge in [-0.15, -0.1) is 0 Å². The molecule has 1 amide bonds. The fourth-order valence-corrected chi connectivity index (χ4v) is 4.24. The Hall–Kier alpha value is -5.34. The summed E-state index contributed by atoms with van der Waals surface area (Å²) in [6.45, 7) is 5.85. The number of nitrogens with one attached hydrogen (secondary N) is 1. The number of benzene rings is 3. The van der Waals surface area contributed by atoms with Gasteiger partial charge in [0.25, 0.3) is 0 Å². The maximum atomic E-state index is 14.0. The summed E-state index contributed by atoms with van der Waals surface area (Å²) in [6.07, 6.45) is 0. The summed E-state index contributed by atoms with van der Waals surface area (Å²) in [5.74, 6) is -7.38. The van der Waals surface area contributed by atoms with Crippen molar-refractivity contribution in [1.82, 2.24) is 9.80 Å². The van der Waals surface area contributed by atoms with Crippen LogP contribution in [-0.4, -0.2) is 99.3 Å². The minimum absolute atomic E-state index is 0.0101. The van der Waals surface area contributed by atoms with Crippen molar-refractivity contribution in [3.8, 4) is 16.9 Å². The molecule has 0 spiro atoms. The second-order valence-corrected chi connectivity index (χ2v) is 9.58. The number of piperazine rings is 1. The minimum atomic E-state index is -1.82. The van der Waals surface area contributed by atoms with E-state index in [9.17, 15) is 9.18 Å². The number of hydrogen-bond acceptors (Lipinski definition) is 8. The SMILES string of the molecule is COc1ccc(CN2CCN(C(C)C(=O)Nc3ccccc3-c3ccccc3)CC2)cc1F.O=C(O)C(=O)O.O=C(O)C(=O)O. The molecule has 14 heteroatoms. The first-order chi connectivity index (χ1) is 21.3. The monoisotopic (exact) mass is 627 g/mol. The molecule has 0 aliphatic carbocycles. The highest BCUT2D eigenvalue weighted by Crippen LogP contribution is 2.28. The van der Waals surface area contributed by atoms with Crippen molar-refractivity contribution in [3.63, 3.8) is 0 Å². The van der Waals surface area contributed by atoms with Gasteiger partial charge in [0.05, 0.1) is 13.2 Å². The number of methoxy groups -OCH3 is 1. The summed E-state index contributed by atoms with van der Waals surface area (Å²) < 4.78 is 19.0. The third-order valence-electron chi connectivity index (χ3n) is 6.59. The van der Waals surface area contributed by atoms with Gasteiger partial charge in [0.1, 0.15) is 0 Å². The zero-order valence-electron chi connectivity index (χ0n) is 24.6. The van der Waals surface area contributed by atoms with Crippen LogP contribution < -0.4 is 10.1 Å². The molecule has 1 heterocycles. The standard InChI is InChI=1S/C27H30FN3O2.2C2H2O4/c1-20(27(32)29-25-11-7-6-10-23(25)22-8-4-3-5-9-22)31-16-14-30(15-17-31)19-21-12-13-26(33-2)24(28)18-21;2*3-1(4)2(5)6/h3-13,18,20H,14-17,19H2,1-2H3,(H,29,32);2*(H,3,4)(H,5,6). The van der Waals surface area contributed by atoms with E-state index in [1.54, 1.807) is 6.07 Å². The zero-order valence-corrected chi connectivity index (χ0v) is 24.6. The van der Waals surface area contributed by atoms with E-state index in [1.807, 2.05) is 67.6 Å². The van der Waals surface area contributed by atoms with E-state index < -0.39 is 23.9 Å². The second kappa shape index (κ2) is 17.7. The highest BCUT2D eigenvalue weighted by Gasteiger charge is 2.26. The lowest BCUT2D eigenvalue weighted by atomic mass is 10.0. The Morgan fingerprint density at radius 1 is 0.800 bits per heavy atom. The molecule has 0 saturated carbocycles. The van der Waals surface area contributed by atoms with Gasteiger partial charge in [0.2, 0.25) is 5.91 Å². The molecule has 5 N–H and O–H groups in total. The smallest absolute Gasteiger partial charge is 0.414 e. The van der Waals surface area contributed by atoms with Crippen LogP contribution in [0.15, 0.2) is 72.8 Å². The number of amides is 1. The van der Waals surface area contributed by atoms with Crippen molar-refractivity contribution in [2.24, 2.45) is 0 Å². The van der Waals surface area contributed by atoms with Crippen molar-refractivity contribution in [2.45, 2.75) is 19.5 Å². The quantitative estimate of drug-likeness (QED) is 0.241. The molecule has 1 aliphatic heterocycles. The van der Waals surface area contributed by atoms with Crippen LogP contribution >= 0.6 is 0 Å². The Bertz CT molecular complexity index is 1430. The molecule has 1 unspecified atom stereocenters. The second-order valence-electron chi connectivity index (χ2n) is 9.58. The third kappa shape index (κ3) is 11.7. The lowest BCUT2D eigenvalue weighted by Crippen LogP contribution is -2.52. The molecule has 4 rings (SSSR count). The van der Waals surface area contributed by atoms with Crippen LogP contribution in [0.1, 0.15) is 12.5 Å². The molecular formula is C31H34FN3O10. The number of ether oxygens (including phenoxy) is 1. The molecule has 3 aromatic rings. The van der Waals surface area contributed by atoms with Crippen molar-refractivity contribution in [2.75, 3.05) is 38.6 Å². The lowest BCUT2D eigenvalue weighted by Gasteiger charge is -2.37. The first kappa shape index (κ1) is 35.9. The third-order valence-corrected chi connectivity index (χ3v) is 6.59. The summed E-state index contributed by atoms with van der Waals surface area (Å²) in [7, 11) is 1.47. The van der Waals surface area contributed by atoms with E-state index in [2.05, 4.69) is 15.1 Å². The Labute approximate surface area is 258 Å². The van der Waals surface area contributed by atoms with E-state index in [1.165, 1.54) is 13.2 Å². The van der Waals surface area contributed by atoms with Gasteiger partial charge in [-0.3, -0.25) is 14.6 Å². The fourth-order valence-electron chi connectivity index (χ4n) is 4.24. The first-order valence-corrected chi connectivity index (χ1v) is 13.5. The van der Waals surface area contributed by atoms with Crippen LogP contribution in [0.3, 0.4) is 0 Å². The van der Waals surface area contributed by atoms with Gasteiger partial charge in [0.15, 0.2) is 11.6 Å². The molecule has 45 heavy (non-hydrogen) atoms. The molecule has 0 radical (unpaired) electrons. The number of carboxylic acids is 4. The number of aliphatic carboxylic acids is 4. The molecule has 0 bridgehead atoms. The Balaban J connectivity index is 0.000000499. The van der Waals surface area contributed by atoms with Crippen molar-refractivity contribution < 1.29 is 53.5 Å². The number of hydrogen-bond donors (Lipinski definition) is 5. The van der Waals surface area contributed by atoms with E-state index in [0.717, 1.165) is 48.6 Å². The molecule has 1 saturated heterocycles. The average molecular weight is 628 g/mol. The van der Waals surface area contributed by atoms with Gasteiger partial charge < -0.3 is 30.5 Å². The number of carbonyl (C=O) groups excluding carboxylic acids is 1. The zero-order chi connectivity index (χ0) is 33.5. The van der Waals surface area contributed by atoms with Crippen molar-refractivity contribution >= 4 is 35.5 Å². The number of para-hydroxylation sites is 1. The number of rotatable bonds is 7. The summed E-state index contributed by atoms with van der Waals surface area (Å²) in [5.41, 5.74) is 3.82. The van der Waals surface area contributed by atoms with Crippen LogP contribution in [-0.2, 0) is 30.5 Å². The average Bonchev–Trinajstić information content (AvgIpc) is 3.02. The maximum Gasteiger partial charge on any atom is 0.414 e. The van der Waals surface area contributed by atoms with Gasteiger partial charge >= 0.3 is 23.9 Å². The lowest BCUT2D eigenvalue weighted by molar-refractivity contribution is -0.159. The largest absolute Gasteiger partial charge is 0.494 e. The van der Waals surface area contributed by atoms with E-state index >= 15 is 0 Å². The van der Waals surface area contributed by atoms with Gasteiger partial charge in [0, 0.05) is 44.0 Å². The van der Waals surface area contributed by atoms with Crippen LogP contribution in [0.5, 0.6) is 5.75 Å². The molecule has 1 aliphatic rings. The van der Waals surface area contributed by atoms with E-state index in [0.29, 0.717) is 6.54 Å². The Morgan fingerprint density at radius 3 is 1.84 bits per heavy atom. The predicted octanol–water partition coefficient (Wildman–Crippen LogP) is 2.96. The van der Waals surface area contributed by atoms with Gasteiger partial charge in [-0.2, -0.15) is 0 Å². The van der Waals surface area contributed by atoms with Crippen LogP contribution in [0.4, 0.5) is 10.1 Å². The van der Waals surface area contributed by atoms with E-state index in [4.69, 9.17) is 44.3 Å². The normalized spacial score (nSPS) is 13.5. The Morgan fingerprint density at radius 2 is 1.33 bits per heavy atom. The number of carboxylic acid groups (broad SMARTS) is 4. The van der Waals surface area contributed by atoms with Gasteiger partial charge in [-0.05, 0) is 36.2 Å². The summed E-state index contributed by atoms with van der Waals surface area (Å²) >= 11 is 0. The molecule has 13 nitrogen and oxygen atoms in total. The highest BCUT2D eigenvalue weighted by atomic mass is 19.1. The van der Waals surface area contributed by atoms with Crippen molar-refractivity contribution in [3.05, 3.63) is 84.2 Å². The van der Waals surface area contributed by atoms with Crippen LogP contribution in [0.25, 0.3) is 11.1 Å². The Kier molecular flexibility index (Phi) is 14.1. The number of halogens is 1. The summed E-state index contributed by atoms with van der Waals surface area (Å²) in [5, 5.41) is 32.7. The topological polar surface area (TPSA) is 194 Å². The highest BCUT2D eigenvalue weighted by molar-refractivity contribution is 6.27. The molecule has 0 aromatic heterocycles.